The molecule has 2 aromatic carbocycles. The van der Waals surface area contributed by atoms with Gasteiger partial charge in [-0.15, -0.1) is 0 Å². The molecule has 1 N–H and O–H groups in total. The van der Waals surface area contributed by atoms with E-state index in [2.05, 4.69) is 5.32 Å². The van der Waals surface area contributed by atoms with Crippen molar-refractivity contribution in [1.29, 1.82) is 0 Å². The van der Waals surface area contributed by atoms with Gasteiger partial charge in [-0.2, -0.15) is 0 Å². The number of halogens is 1. The van der Waals surface area contributed by atoms with Crippen LogP contribution >= 0.6 is 11.6 Å². The Balaban J connectivity index is 1.76. The van der Waals surface area contributed by atoms with Crippen LogP contribution in [0.4, 0.5) is 5.69 Å². The number of amides is 1. The highest BCUT2D eigenvalue weighted by Crippen LogP contribution is 2.22. The molecule has 0 unspecified atom stereocenters. The molecule has 0 aliphatic carbocycles. The predicted octanol–water partition coefficient (Wildman–Crippen LogP) is 3.06. The lowest BCUT2D eigenvalue weighted by molar-refractivity contribution is -0.125. The molecule has 1 amide bonds. The van der Waals surface area contributed by atoms with Crippen molar-refractivity contribution in [3.05, 3.63) is 64.7 Å². The molecule has 1 atom stereocenters. The van der Waals surface area contributed by atoms with Gasteiger partial charge in [-0.25, -0.2) is 4.79 Å². The lowest BCUT2D eigenvalue weighted by Gasteiger charge is -2.23. The average Bonchev–Trinajstić information content (AvgIpc) is 2.47. The monoisotopic (exact) mass is 301 g/mol. The number of rotatable bonds is 2. The number of anilines is 1. The van der Waals surface area contributed by atoms with E-state index >= 15 is 0 Å². The van der Waals surface area contributed by atoms with E-state index in [4.69, 9.17) is 16.3 Å². The number of cyclic esters (lactones) is 1. The first-order chi connectivity index (χ1) is 10.1. The van der Waals surface area contributed by atoms with Crippen molar-refractivity contribution in [1.82, 2.24) is 0 Å². The highest BCUT2D eigenvalue weighted by Gasteiger charge is 2.30. The van der Waals surface area contributed by atoms with Gasteiger partial charge in [0.25, 0.3) is 5.91 Å². The summed E-state index contributed by atoms with van der Waals surface area (Å²) >= 11 is 5.87. The minimum atomic E-state index is -0.827. The standard InChI is InChI=1S/C16H12ClNO3/c17-11-5-3-6-12(9-11)18-15(19)14-8-10-4-1-2-7-13(10)16(20)21-14/h1-7,9,14H,8H2,(H,18,19)/t14-/m0/s1. The molecule has 0 spiro atoms. The SMILES string of the molecule is O=C1O[C@H](C(=O)Nc2cccc(Cl)c2)Cc2ccccc21. The van der Waals surface area contributed by atoms with E-state index in [0.29, 0.717) is 22.7 Å². The summed E-state index contributed by atoms with van der Waals surface area (Å²) in [6, 6.07) is 13.9. The van der Waals surface area contributed by atoms with Crippen molar-refractivity contribution in [2.75, 3.05) is 5.32 Å². The van der Waals surface area contributed by atoms with Crippen molar-refractivity contribution in [2.45, 2.75) is 12.5 Å². The maximum absolute atomic E-state index is 12.2. The van der Waals surface area contributed by atoms with E-state index in [-0.39, 0.29) is 5.91 Å². The highest BCUT2D eigenvalue weighted by atomic mass is 35.5. The zero-order chi connectivity index (χ0) is 14.8. The number of carbonyl (C=O) groups is 2. The van der Waals surface area contributed by atoms with Gasteiger partial charge >= 0.3 is 5.97 Å². The summed E-state index contributed by atoms with van der Waals surface area (Å²) in [7, 11) is 0. The normalized spacial score (nSPS) is 16.8. The second kappa shape index (κ2) is 5.58. The van der Waals surface area contributed by atoms with Crippen molar-refractivity contribution < 1.29 is 14.3 Å². The van der Waals surface area contributed by atoms with E-state index in [1.54, 1.807) is 36.4 Å². The fourth-order valence-corrected chi connectivity index (χ4v) is 2.46. The van der Waals surface area contributed by atoms with Crippen LogP contribution in [-0.2, 0) is 16.0 Å². The van der Waals surface area contributed by atoms with Crippen molar-refractivity contribution >= 4 is 29.2 Å². The Bertz CT molecular complexity index is 714. The number of hydrogen-bond acceptors (Lipinski definition) is 3. The highest BCUT2D eigenvalue weighted by molar-refractivity contribution is 6.30. The van der Waals surface area contributed by atoms with Gasteiger partial charge in [0.2, 0.25) is 0 Å². The summed E-state index contributed by atoms with van der Waals surface area (Å²) in [4.78, 5) is 24.1. The van der Waals surface area contributed by atoms with E-state index in [9.17, 15) is 9.59 Å². The Kier molecular flexibility index (Phi) is 3.62. The lowest BCUT2D eigenvalue weighted by Crippen LogP contribution is -2.37. The third-order valence-corrected chi connectivity index (χ3v) is 3.51. The zero-order valence-electron chi connectivity index (χ0n) is 11.0. The quantitative estimate of drug-likeness (QED) is 0.867. The molecule has 0 fully saturated rings. The van der Waals surface area contributed by atoms with Crippen LogP contribution in [0.3, 0.4) is 0 Å². The number of hydrogen-bond donors (Lipinski definition) is 1. The van der Waals surface area contributed by atoms with Crippen LogP contribution in [-0.4, -0.2) is 18.0 Å². The van der Waals surface area contributed by atoms with E-state index in [1.165, 1.54) is 0 Å². The molecular formula is C16H12ClNO3. The summed E-state index contributed by atoms with van der Waals surface area (Å²) < 4.78 is 5.19. The van der Waals surface area contributed by atoms with Gasteiger partial charge < -0.3 is 10.1 Å². The van der Waals surface area contributed by atoms with Crippen molar-refractivity contribution in [3.8, 4) is 0 Å². The summed E-state index contributed by atoms with van der Waals surface area (Å²) in [5, 5.41) is 3.23. The maximum atomic E-state index is 12.2. The molecule has 21 heavy (non-hydrogen) atoms. The summed E-state index contributed by atoms with van der Waals surface area (Å²) in [6.45, 7) is 0. The minimum Gasteiger partial charge on any atom is -0.448 e. The predicted molar refractivity (Wildman–Crippen MR) is 79.4 cm³/mol. The van der Waals surface area contributed by atoms with Gasteiger partial charge in [-0.1, -0.05) is 35.9 Å². The zero-order valence-corrected chi connectivity index (χ0v) is 11.8. The summed E-state index contributed by atoms with van der Waals surface area (Å²) in [5.41, 5.74) is 1.91. The lowest BCUT2D eigenvalue weighted by atomic mass is 9.98. The van der Waals surface area contributed by atoms with Crippen LogP contribution in [0.5, 0.6) is 0 Å². The van der Waals surface area contributed by atoms with Gasteiger partial charge in [0, 0.05) is 17.1 Å². The van der Waals surface area contributed by atoms with Crippen LogP contribution in [0.15, 0.2) is 48.5 Å². The topological polar surface area (TPSA) is 55.4 Å². The molecule has 0 bridgehead atoms. The number of carbonyl (C=O) groups excluding carboxylic acids is 2. The minimum absolute atomic E-state index is 0.361. The van der Waals surface area contributed by atoms with Gasteiger partial charge in [-0.05, 0) is 29.8 Å². The fourth-order valence-electron chi connectivity index (χ4n) is 2.27. The largest absolute Gasteiger partial charge is 0.448 e. The number of nitrogens with one attached hydrogen (secondary N) is 1. The first-order valence-electron chi connectivity index (χ1n) is 6.49. The Hall–Kier alpha value is -2.33. The molecule has 1 aliphatic heterocycles. The molecule has 106 valence electrons. The van der Waals surface area contributed by atoms with Crippen molar-refractivity contribution in [3.63, 3.8) is 0 Å². The first-order valence-corrected chi connectivity index (χ1v) is 6.86. The van der Waals surface area contributed by atoms with Crippen LogP contribution in [0.1, 0.15) is 15.9 Å². The van der Waals surface area contributed by atoms with E-state index < -0.39 is 12.1 Å². The van der Waals surface area contributed by atoms with Crippen LogP contribution in [0.25, 0.3) is 0 Å². The molecule has 5 heteroatoms. The third kappa shape index (κ3) is 2.90. The van der Waals surface area contributed by atoms with Gasteiger partial charge in [0.15, 0.2) is 6.10 Å². The number of fused-ring (bicyclic) bond motifs is 1. The number of esters is 1. The average molecular weight is 302 g/mol. The molecule has 2 aromatic rings. The third-order valence-electron chi connectivity index (χ3n) is 3.28. The van der Waals surface area contributed by atoms with Gasteiger partial charge in [0.05, 0.1) is 5.56 Å². The van der Waals surface area contributed by atoms with Crippen LogP contribution in [0, 0.1) is 0 Å². The van der Waals surface area contributed by atoms with E-state index in [0.717, 1.165) is 5.56 Å². The number of ether oxygens (including phenoxy) is 1. The molecule has 4 nitrogen and oxygen atoms in total. The fraction of sp³-hybridized carbons (Fsp3) is 0.125. The first kappa shape index (κ1) is 13.6. The second-order valence-electron chi connectivity index (χ2n) is 4.75. The molecule has 1 aliphatic rings. The van der Waals surface area contributed by atoms with Crippen LogP contribution in [0.2, 0.25) is 5.02 Å². The van der Waals surface area contributed by atoms with Crippen LogP contribution < -0.4 is 5.32 Å². The second-order valence-corrected chi connectivity index (χ2v) is 5.19. The number of benzene rings is 2. The van der Waals surface area contributed by atoms with E-state index in [1.807, 2.05) is 12.1 Å². The van der Waals surface area contributed by atoms with Gasteiger partial charge in [0.1, 0.15) is 0 Å². The Morgan fingerprint density at radius 1 is 1.19 bits per heavy atom. The molecule has 0 aromatic heterocycles. The summed E-state index contributed by atoms with van der Waals surface area (Å²) in [5.74, 6) is -0.830. The molecule has 3 rings (SSSR count). The molecule has 0 saturated carbocycles. The Labute approximate surface area is 126 Å². The smallest absolute Gasteiger partial charge is 0.339 e. The summed E-state index contributed by atoms with van der Waals surface area (Å²) in [6.07, 6.45) is -0.458. The van der Waals surface area contributed by atoms with Crippen molar-refractivity contribution in [2.24, 2.45) is 0 Å². The molecular weight excluding hydrogens is 290 g/mol. The molecule has 0 saturated heterocycles. The maximum Gasteiger partial charge on any atom is 0.339 e. The Morgan fingerprint density at radius 2 is 2.00 bits per heavy atom. The molecule has 0 radical (unpaired) electrons. The Morgan fingerprint density at radius 3 is 2.81 bits per heavy atom. The van der Waals surface area contributed by atoms with Gasteiger partial charge in [-0.3, -0.25) is 4.79 Å². The molecule has 1 heterocycles.